The summed E-state index contributed by atoms with van der Waals surface area (Å²) in [5, 5.41) is 2.71. The van der Waals surface area contributed by atoms with Gasteiger partial charge in [-0.05, 0) is 13.0 Å². The van der Waals surface area contributed by atoms with Crippen LogP contribution in [0.2, 0.25) is 0 Å². The van der Waals surface area contributed by atoms with Crippen LogP contribution in [0.15, 0.2) is 24.3 Å². The average molecular weight is 301 g/mol. The maximum absolute atomic E-state index is 11.9. The summed E-state index contributed by atoms with van der Waals surface area (Å²) in [5.74, 6) is 3.32. The van der Waals surface area contributed by atoms with E-state index in [0.717, 1.165) is 18.8 Å². The van der Waals surface area contributed by atoms with Crippen LogP contribution in [0.4, 0.5) is 4.79 Å². The normalized spacial score (nSPS) is 16.7. The van der Waals surface area contributed by atoms with Crippen molar-refractivity contribution in [2.24, 2.45) is 0 Å². The van der Waals surface area contributed by atoms with Crippen LogP contribution in [0.1, 0.15) is 18.5 Å². The molecular formula is C17H23N3O2. The third kappa shape index (κ3) is 3.71. The number of hydrogen-bond acceptors (Lipinski definition) is 3. The largest absolute Gasteiger partial charge is 0.496 e. The second-order valence-corrected chi connectivity index (χ2v) is 5.30. The highest BCUT2D eigenvalue weighted by Gasteiger charge is 2.25. The molecule has 0 spiro atoms. The van der Waals surface area contributed by atoms with E-state index in [2.05, 4.69) is 29.1 Å². The van der Waals surface area contributed by atoms with E-state index in [-0.39, 0.29) is 18.6 Å². The topological polar surface area (TPSA) is 44.8 Å². The fourth-order valence-electron chi connectivity index (χ4n) is 2.76. The van der Waals surface area contributed by atoms with Crippen molar-refractivity contribution >= 4 is 6.03 Å². The summed E-state index contributed by atoms with van der Waals surface area (Å²) in [5.41, 5.74) is 1.18. The lowest BCUT2D eigenvalue weighted by Crippen LogP contribution is -2.52. The lowest BCUT2D eigenvalue weighted by molar-refractivity contribution is 0.113. The SMILES string of the molecule is C#CCNC(=O)N1CCN(C(C)c2ccccc2OC)CC1. The number of carbonyl (C=O) groups is 1. The number of terminal acetylenes is 1. The highest BCUT2D eigenvalue weighted by Crippen LogP contribution is 2.29. The third-order valence-electron chi connectivity index (χ3n) is 4.08. The molecule has 2 rings (SSSR count). The number of ether oxygens (including phenoxy) is 1. The van der Waals surface area contributed by atoms with E-state index in [4.69, 9.17) is 11.2 Å². The average Bonchev–Trinajstić information content (AvgIpc) is 2.59. The molecule has 118 valence electrons. The number of hydrogen-bond donors (Lipinski definition) is 1. The zero-order valence-corrected chi connectivity index (χ0v) is 13.2. The Morgan fingerprint density at radius 3 is 2.68 bits per heavy atom. The predicted octanol–water partition coefficient (Wildman–Crippen LogP) is 1.72. The molecule has 1 heterocycles. The number of piperazine rings is 1. The van der Waals surface area contributed by atoms with Gasteiger partial charge in [-0.25, -0.2) is 4.79 Å². The number of rotatable bonds is 4. The van der Waals surface area contributed by atoms with E-state index in [0.29, 0.717) is 13.1 Å². The second-order valence-electron chi connectivity index (χ2n) is 5.30. The molecule has 1 aromatic rings. The number of methoxy groups -OCH3 is 1. The van der Waals surface area contributed by atoms with Crippen molar-refractivity contribution in [3.8, 4) is 18.1 Å². The van der Waals surface area contributed by atoms with Gasteiger partial charge in [0, 0.05) is 37.8 Å². The minimum atomic E-state index is -0.0810. The highest BCUT2D eigenvalue weighted by molar-refractivity contribution is 5.74. The molecular weight excluding hydrogens is 278 g/mol. The third-order valence-corrected chi connectivity index (χ3v) is 4.08. The van der Waals surface area contributed by atoms with Gasteiger partial charge in [0.2, 0.25) is 0 Å². The van der Waals surface area contributed by atoms with Crippen LogP contribution in [-0.4, -0.2) is 55.7 Å². The standard InChI is InChI=1S/C17H23N3O2/c1-4-9-18-17(21)20-12-10-19(11-13-20)14(2)15-7-5-6-8-16(15)22-3/h1,5-8,14H,9-13H2,2-3H3,(H,18,21). The van der Waals surface area contributed by atoms with Crippen LogP contribution >= 0.6 is 0 Å². The van der Waals surface area contributed by atoms with Crippen LogP contribution in [0.3, 0.4) is 0 Å². The Morgan fingerprint density at radius 2 is 2.05 bits per heavy atom. The molecule has 1 saturated heterocycles. The van der Waals surface area contributed by atoms with Crippen LogP contribution in [0.5, 0.6) is 5.75 Å². The van der Waals surface area contributed by atoms with Gasteiger partial charge >= 0.3 is 6.03 Å². The first-order chi connectivity index (χ1) is 10.7. The number of benzene rings is 1. The molecule has 0 aromatic heterocycles. The van der Waals surface area contributed by atoms with Crippen molar-refractivity contribution in [2.75, 3.05) is 39.8 Å². The molecule has 22 heavy (non-hydrogen) atoms. The van der Waals surface area contributed by atoms with E-state index in [1.807, 2.05) is 23.1 Å². The molecule has 1 aromatic carbocycles. The lowest BCUT2D eigenvalue weighted by Gasteiger charge is -2.38. The van der Waals surface area contributed by atoms with E-state index in [9.17, 15) is 4.79 Å². The van der Waals surface area contributed by atoms with Gasteiger partial charge in [-0.1, -0.05) is 24.1 Å². The van der Waals surface area contributed by atoms with E-state index in [1.165, 1.54) is 5.56 Å². The van der Waals surface area contributed by atoms with Crippen molar-refractivity contribution in [3.63, 3.8) is 0 Å². The minimum Gasteiger partial charge on any atom is -0.496 e. The van der Waals surface area contributed by atoms with Gasteiger partial charge in [-0.3, -0.25) is 4.90 Å². The summed E-state index contributed by atoms with van der Waals surface area (Å²) in [4.78, 5) is 16.1. The number of para-hydroxylation sites is 1. The molecule has 1 fully saturated rings. The number of urea groups is 1. The molecule has 1 unspecified atom stereocenters. The summed E-state index contributed by atoms with van der Waals surface area (Å²) >= 11 is 0. The molecule has 1 N–H and O–H groups in total. The maximum Gasteiger partial charge on any atom is 0.318 e. The summed E-state index contributed by atoms with van der Waals surface area (Å²) < 4.78 is 5.44. The van der Waals surface area contributed by atoms with Crippen LogP contribution in [0.25, 0.3) is 0 Å². The molecule has 0 saturated carbocycles. The van der Waals surface area contributed by atoms with Crippen molar-refractivity contribution in [1.29, 1.82) is 0 Å². The summed E-state index contributed by atoms with van der Waals surface area (Å²) in [7, 11) is 1.69. The molecule has 1 atom stereocenters. The first-order valence-corrected chi connectivity index (χ1v) is 7.50. The van der Waals surface area contributed by atoms with Crippen molar-refractivity contribution in [2.45, 2.75) is 13.0 Å². The summed E-state index contributed by atoms with van der Waals surface area (Å²) in [6.07, 6.45) is 5.16. The quantitative estimate of drug-likeness (QED) is 0.861. The first-order valence-electron chi connectivity index (χ1n) is 7.50. The van der Waals surface area contributed by atoms with Gasteiger partial charge in [0.1, 0.15) is 5.75 Å². The monoisotopic (exact) mass is 301 g/mol. The molecule has 0 aliphatic carbocycles. The van der Waals surface area contributed by atoms with E-state index >= 15 is 0 Å². The Morgan fingerprint density at radius 1 is 1.36 bits per heavy atom. The molecule has 5 nitrogen and oxygen atoms in total. The number of carbonyl (C=O) groups excluding carboxylic acids is 1. The van der Waals surface area contributed by atoms with Gasteiger partial charge in [0.15, 0.2) is 0 Å². The van der Waals surface area contributed by atoms with Gasteiger partial charge in [-0.15, -0.1) is 6.42 Å². The Balaban J connectivity index is 1.94. The van der Waals surface area contributed by atoms with Crippen LogP contribution < -0.4 is 10.1 Å². The van der Waals surface area contributed by atoms with Gasteiger partial charge in [0.05, 0.1) is 13.7 Å². The van der Waals surface area contributed by atoms with Crippen molar-refractivity contribution < 1.29 is 9.53 Å². The fraction of sp³-hybridized carbons (Fsp3) is 0.471. The van der Waals surface area contributed by atoms with E-state index < -0.39 is 0 Å². The van der Waals surface area contributed by atoms with E-state index in [1.54, 1.807) is 7.11 Å². The van der Waals surface area contributed by atoms with Crippen molar-refractivity contribution in [3.05, 3.63) is 29.8 Å². The van der Waals surface area contributed by atoms with Gasteiger partial charge in [-0.2, -0.15) is 0 Å². The zero-order valence-electron chi connectivity index (χ0n) is 13.2. The molecule has 1 aliphatic rings. The Labute approximate surface area is 132 Å². The minimum absolute atomic E-state index is 0.0810. The summed E-state index contributed by atoms with van der Waals surface area (Å²) in [6, 6.07) is 8.25. The number of amides is 2. The first kappa shape index (κ1) is 16.2. The fourth-order valence-corrected chi connectivity index (χ4v) is 2.76. The molecule has 0 radical (unpaired) electrons. The summed E-state index contributed by atoms with van der Waals surface area (Å²) in [6.45, 7) is 5.53. The lowest BCUT2D eigenvalue weighted by atomic mass is 10.0. The van der Waals surface area contributed by atoms with Gasteiger partial charge < -0.3 is 15.0 Å². The number of nitrogens with zero attached hydrogens (tertiary/aromatic N) is 2. The highest BCUT2D eigenvalue weighted by atomic mass is 16.5. The number of nitrogens with one attached hydrogen (secondary N) is 1. The molecule has 5 heteroatoms. The Hall–Kier alpha value is -2.19. The van der Waals surface area contributed by atoms with Crippen molar-refractivity contribution in [1.82, 2.24) is 15.1 Å². The van der Waals surface area contributed by atoms with Crippen LogP contribution in [0, 0.1) is 12.3 Å². The van der Waals surface area contributed by atoms with Gasteiger partial charge in [0.25, 0.3) is 0 Å². The second kappa shape index (κ2) is 7.71. The molecule has 0 bridgehead atoms. The zero-order chi connectivity index (χ0) is 15.9. The predicted molar refractivity (Wildman–Crippen MR) is 86.8 cm³/mol. The molecule has 2 amide bonds. The smallest absolute Gasteiger partial charge is 0.318 e. The molecule has 1 aliphatic heterocycles. The Kier molecular flexibility index (Phi) is 5.68. The Bertz CT molecular complexity index is 545. The maximum atomic E-state index is 11.9. The van der Waals surface area contributed by atoms with Crippen LogP contribution in [-0.2, 0) is 0 Å².